The van der Waals surface area contributed by atoms with Gasteiger partial charge < -0.3 is 19.6 Å². The fourth-order valence-corrected chi connectivity index (χ4v) is 6.05. The number of nitrogens with one attached hydrogen (secondary N) is 1. The van der Waals surface area contributed by atoms with E-state index in [0.29, 0.717) is 27.0 Å². The number of anilines is 3. The lowest BCUT2D eigenvalue weighted by Crippen LogP contribution is -2.46. The van der Waals surface area contributed by atoms with Crippen molar-refractivity contribution in [3.63, 3.8) is 0 Å². The van der Waals surface area contributed by atoms with Gasteiger partial charge in [-0.15, -0.1) is 0 Å². The highest BCUT2D eigenvalue weighted by Gasteiger charge is 2.34. The number of ether oxygens (including phenoxy) is 1. The maximum Gasteiger partial charge on any atom is 0.232 e. The van der Waals surface area contributed by atoms with Crippen LogP contribution in [0.1, 0.15) is 12.5 Å². The summed E-state index contributed by atoms with van der Waals surface area (Å²) in [7, 11) is -3.30. The van der Waals surface area contributed by atoms with Crippen molar-refractivity contribution >= 4 is 50.3 Å². The van der Waals surface area contributed by atoms with Crippen LogP contribution in [0, 0.1) is 0 Å². The van der Waals surface area contributed by atoms with Crippen LogP contribution in [0.15, 0.2) is 79.4 Å². The quantitative estimate of drug-likeness (QED) is 0.246. The lowest BCUT2D eigenvalue weighted by Gasteiger charge is -2.37. The minimum absolute atomic E-state index is 0.0360. The normalized spacial score (nSPS) is 15.3. The maximum absolute atomic E-state index is 11.8. The van der Waals surface area contributed by atoms with Crippen LogP contribution in [0.4, 0.5) is 17.1 Å². The van der Waals surface area contributed by atoms with E-state index in [-0.39, 0.29) is 18.9 Å². The summed E-state index contributed by atoms with van der Waals surface area (Å²) >= 11 is 12.5. The highest BCUT2D eigenvalue weighted by atomic mass is 35.5. The molecule has 0 saturated carbocycles. The number of aliphatic hydroxyl groups is 1. The van der Waals surface area contributed by atoms with E-state index in [4.69, 9.17) is 27.9 Å². The first kappa shape index (κ1) is 30.0. The Morgan fingerprint density at radius 3 is 2.12 bits per heavy atom. The van der Waals surface area contributed by atoms with E-state index in [9.17, 15) is 13.5 Å². The molecule has 2 heterocycles. The molecule has 0 amide bonds. The first-order chi connectivity index (χ1) is 20.1. The van der Waals surface area contributed by atoms with Gasteiger partial charge in [0.2, 0.25) is 10.0 Å². The molecule has 0 spiro atoms. The zero-order valence-electron chi connectivity index (χ0n) is 23.0. The Kier molecular flexibility index (Phi) is 9.12. The van der Waals surface area contributed by atoms with Crippen molar-refractivity contribution in [1.29, 1.82) is 0 Å². The van der Waals surface area contributed by atoms with Crippen molar-refractivity contribution in [3.05, 3.63) is 95.0 Å². The van der Waals surface area contributed by atoms with Crippen molar-refractivity contribution in [2.75, 3.05) is 53.1 Å². The molecule has 1 fully saturated rings. The summed E-state index contributed by atoms with van der Waals surface area (Å²) in [5, 5.41) is 16.6. The molecule has 5 rings (SSSR count). The van der Waals surface area contributed by atoms with E-state index in [0.717, 1.165) is 37.6 Å². The molecule has 4 aromatic rings. The van der Waals surface area contributed by atoms with E-state index in [1.807, 2.05) is 36.4 Å². The smallest absolute Gasteiger partial charge is 0.232 e. The fraction of sp³-hybridized carbons (Fsp3) is 0.310. The molecule has 0 bridgehead atoms. The first-order valence-corrected chi connectivity index (χ1v) is 15.9. The molecular formula is C29H32Cl2N6O4S. The number of nitrogens with zero attached hydrogens (tertiary/aromatic N) is 5. The number of sulfonamides is 1. The second-order valence-electron chi connectivity index (χ2n) is 10.1. The minimum atomic E-state index is -3.30. The SMILES string of the molecule is CCS(=O)(=O)Nc1ccc(N2CCN(c3ccc(OCC(O)(Cn4cncn4)c4ccc(Cl)cc4Cl)cc3)CC2)cc1. The number of hydrogen-bond donors (Lipinski definition) is 2. The molecule has 10 nitrogen and oxygen atoms in total. The third-order valence-electron chi connectivity index (χ3n) is 7.17. The number of rotatable bonds is 11. The molecule has 3 aromatic carbocycles. The highest BCUT2D eigenvalue weighted by molar-refractivity contribution is 7.92. The van der Waals surface area contributed by atoms with Crippen molar-refractivity contribution in [3.8, 4) is 5.75 Å². The Bertz CT molecular complexity index is 1580. The van der Waals surface area contributed by atoms with Gasteiger partial charge >= 0.3 is 0 Å². The summed E-state index contributed by atoms with van der Waals surface area (Å²) in [5.74, 6) is 0.646. The van der Waals surface area contributed by atoms with Gasteiger partial charge in [-0.1, -0.05) is 29.3 Å². The van der Waals surface area contributed by atoms with E-state index >= 15 is 0 Å². The number of benzene rings is 3. The molecule has 1 aliphatic rings. The predicted molar refractivity (Wildman–Crippen MR) is 166 cm³/mol. The number of piperazine rings is 1. The van der Waals surface area contributed by atoms with Crippen LogP contribution in [-0.4, -0.2) is 66.8 Å². The van der Waals surface area contributed by atoms with Gasteiger partial charge in [0.25, 0.3) is 0 Å². The molecular weight excluding hydrogens is 599 g/mol. The standard InChI is InChI=1S/C29H32Cl2N6O4S/c1-2-42(39,40)34-23-4-6-24(7-5-23)35-13-15-36(16-14-35)25-8-10-26(11-9-25)41-19-29(38,18-37-21-32-20-33-37)27-12-3-22(30)17-28(27)31/h3-12,17,20-21,34,38H,2,13-16,18-19H2,1H3. The van der Waals surface area contributed by atoms with Crippen LogP contribution in [0.5, 0.6) is 5.75 Å². The highest BCUT2D eigenvalue weighted by Crippen LogP contribution is 2.33. The van der Waals surface area contributed by atoms with Crippen molar-refractivity contribution in [2.45, 2.75) is 19.1 Å². The maximum atomic E-state index is 11.8. The van der Waals surface area contributed by atoms with Crippen LogP contribution in [0.2, 0.25) is 10.0 Å². The average molecular weight is 632 g/mol. The third-order valence-corrected chi connectivity index (χ3v) is 9.02. The lowest BCUT2D eigenvalue weighted by atomic mass is 9.94. The van der Waals surface area contributed by atoms with E-state index in [2.05, 4.69) is 24.6 Å². The summed E-state index contributed by atoms with van der Waals surface area (Å²) < 4.78 is 33.8. The van der Waals surface area contributed by atoms with Gasteiger partial charge in [0, 0.05) is 58.8 Å². The summed E-state index contributed by atoms with van der Waals surface area (Å²) in [4.78, 5) is 8.55. The number of hydrogen-bond acceptors (Lipinski definition) is 8. The first-order valence-electron chi connectivity index (χ1n) is 13.5. The molecule has 0 radical (unpaired) electrons. The monoisotopic (exact) mass is 630 g/mol. The topological polar surface area (TPSA) is 113 Å². The molecule has 222 valence electrons. The minimum Gasteiger partial charge on any atom is -0.490 e. The second kappa shape index (κ2) is 12.8. The Morgan fingerprint density at radius 1 is 0.952 bits per heavy atom. The van der Waals surface area contributed by atoms with Crippen LogP contribution >= 0.6 is 23.2 Å². The predicted octanol–water partition coefficient (Wildman–Crippen LogP) is 4.64. The van der Waals surface area contributed by atoms with Crippen LogP contribution in [0.3, 0.4) is 0 Å². The summed E-state index contributed by atoms with van der Waals surface area (Å²) in [5.41, 5.74) is 1.69. The van der Waals surface area contributed by atoms with Gasteiger partial charge in [-0.3, -0.25) is 4.72 Å². The van der Waals surface area contributed by atoms with Gasteiger partial charge in [-0.2, -0.15) is 5.10 Å². The van der Waals surface area contributed by atoms with Gasteiger partial charge in [-0.25, -0.2) is 18.1 Å². The van der Waals surface area contributed by atoms with Gasteiger partial charge in [0.15, 0.2) is 0 Å². The molecule has 1 atom stereocenters. The molecule has 1 saturated heterocycles. The third kappa shape index (κ3) is 7.27. The van der Waals surface area contributed by atoms with Crippen LogP contribution in [0.25, 0.3) is 0 Å². The molecule has 1 unspecified atom stereocenters. The van der Waals surface area contributed by atoms with Crippen molar-refractivity contribution in [2.24, 2.45) is 0 Å². The summed E-state index contributed by atoms with van der Waals surface area (Å²) in [6.45, 7) is 4.95. The van der Waals surface area contributed by atoms with Crippen molar-refractivity contribution in [1.82, 2.24) is 14.8 Å². The number of aromatic nitrogens is 3. The molecule has 2 N–H and O–H groups in total. The Morgan fingerprint density at radius 2 is 1.57 bits per heavy atom. The largest absolute Gasteiger partial charge is 0.490 e. The second-order valence-corrected chi connectivity index (χ2v) is 12.9. The zero-order valence-corrected chi connectivity index (χ0v) is 25.4. The summed E-state index contributed by atoms with van der Waals surface area (Å²) in [6.07, 6.45) is 2.93. The number of halogens is 2. The zero-order chi connectivity index (χ0) is 29.7. The molecule has 42 heavy (non-hydrogen) atoms. The van der Waals surface area contributed by atoms with E-state index < -0.39 is 15.6 Å². The van der Waals surface area contributed by atoms with Crippen LogP contribution < -0.4 is 19.3 Å². The molecule has 1 aliphatic heterocycles. The lowest BCUT2D eigenvalue weighted by molar-refractivity contribution is -0.0269. The molecule has 1 aromatic heterocycles. The summed E-state index contributed by atoms with van der Waals surface area (Å²) in [6, 6.07) is 20.2. The Balaban J connectivity index is 1.19. The van der Waals surface area contributed by atoms with E-state index in [1.54, 1.807) is 37.3 Å². The van der Waals surface area contributed by atoms with E-state index in [1.165, 1.54) is 17.3 Å². The molecule has 13 heteroatoms. The fourth-order valence-electron chi connectivity index (χ4n) is 4.83. The Hall–Kier alpha value is -3.51. The van der Waals surface area contributed by atoms with Gasteiger partial charge in [0.1, 0.15) is 30.6 Å². The van der Waals surface area contributed by atoms with Crippen molar-refractivity contribution < 1.29 is 18.3 Å². The van der Waals surface area contributed by atoms with Gasteiger partial charge in [0.05, 0.1) is 12.3 Å². The van der Waals surface area contributed by atoms with Gasteiger partial charge in [-0.05, 0) is 67.6 Å². The average Bonchev–Trinajstić information content (AvgIpc) is 3.49. The Labute approximate surface area is 255 Å². The molecule has 0 aliphatic carbocycles. The van der Waals surface area contributed by atoms with Crippen LogP contribution in [-0.2, 0) is 22.2 Å².